The number of hydrogen-bond donors (Lipinski definition) is 1. The minimum atomic E-state index is -0.872. The van der Waals surface area contributed by atoms with Crippen molar-refractivity contribution in [1.82, 2.24) is 4.90 Å². The molecule has 3 atom stereocenters. The van der Waals surface area contributed by atoms with Crippen LogP contribution in [0.3, 0.4) is 0 Å². The minimum absolute atomic E-state index is 0.155. The molecule has 0 spiro atoms. The van der Waals surface area contributed by atoms with Crippen LogP contribution in [0.5, 0.6) is 0 Å². The summed E-state index contributed by atoms with van der Waals surface area (Å²) in [7, 11) is 1.43. The highest BCUT2D eigenvalue weighted by Crippen LogP contribution is 2.42. The molecule has 0 aromatic rings. The number of nitrogens with zero attached hydrogens (tertiary/aromatic N) is 1. The topological polar surface area (TPSA) is 49.8 Å². The molecule has 19 heavy (non-hydrogen) atoms. The molecule has 110 valence electrons. The number of methoxy groups -OCH3 is 1. The monoisotopic (exact) mass is 269 g/mol. The number of carbonyl (C=O) groups excluding carboxylic acids is 1. The van der Waals surface area contributed by atoms with Gasteiger partial charge in [0.2, 0.25) is 0 Å². The number of piperidine rings is 1. The van der Waals surface area contributed by atoms with Gasteiger partial charge in [-0.15, -0.1) is 0 Å². The van der Waals surface area contributed by atoms with Gasteiger partial charge in [0.05, 0.1) is 18.6 Å². The van der Waals surface area contributed by atoms with Crippen molar-refractivity contribution < 1.29 is 14.6 Å². The van der Waals surface area contributed by atoms with Crippen molar-refractivity contribution in [3.8, 4) is 0 Å². The maximum Gasteiger partial charge on any atom is 0.311 e. The minimum Gasteiger partial charge on any atom is -0.469 e. The molecular formula is C15H27NO3. The Balaban J connectivity index is 2.16. The predicted octanol–water partition coefficient (Wildman–Crippen LogP) is 1.96. The van der Waals surface area contributed by atoms with Crippen LogP contribution in [0.4, 0.5) is 0 Å². The molecule has 0 amide bonds. The van der Waals surface area contributed by atoms with Crippen LogP contribution < -0.4 is 0 Å². The first-order valence-corrected chi connectivity index (χ1v) is 7.67. The second kappa shape index (κ2) is 6.23. The molecule has 4 nitrogen and oxygen atoms in total. The maximum atomic E-state index is 12.1. The van der Waals surface area contributed by atoms with E-state index in [1.165, 1.54) is 13.5 Å². The highest BCUT2D eigenvalue weighted by atomic mass is 16.5. The van der Waals surface area contributed by atoms with E-state index in [4.69, 9.17) is 4.74 Å². The lowest BCUT2D eigenvalue weighted by Crippen LogP contribution is -2.53. The summed E-state index contributed by atoms with van der Waals surface area (Å²) in [5.74, 6) is -0.589. The number of ether oxygens (including phenoxy) is 1. The average Bonchev–Trinajstić information content (AvgIpc) is 2.78. The van der Waals surface area contributed by atoms with Gasteiger partial charge in [0, 0.05) is 12.6 Å². The Morgan fingerprint density at radius 1 is 1.47 bits per heavy atom. The Morgan fingerprint density at radius 2 is 2.26 bits per heavy atom. The van der Waals surface area contributed by atoms with E-state index in [9.17, 15) is 9.90 Å². The summed E-state index contributed by atoms with van der Waals surface area (Å²) in [4.78, 5) is 14.5. The molecule has 2 rings (SSSR count). The van der Waals surface area contributed by atoms with Crippen molar-refractivity contribution in [1.29, 1.82) is 0 Å². The van der Waals surface area contributed by atoms with E-state index in [1.807, 2.05) is 0 Å². The lowest BCUT2D eigenvalue weighted by molar-refractivity contribution is -0.159. The molecule has 4 heteroatoms. The Bertz CT molecular complexity index is 321. The zero-order valence-corrected chi connectivity index (χ0v) is 12.2. The van der Waals surface area contributed by atoms with Gasteiger partial charge in [0.25, 0.3) is 0 Å². The summed E-state index contributed by atoms with van der Waals surface area (Å²) in [6.45, 7) is 4.09. The third-order valence-corrected chi connectivity index (χ3v) is 4.93. The molecular weight excluding hydrogens is 242 g/mol. The van der Waals surface area contributed by atoms with Gasteiger partial charge in [-0.25, -0.2) is 0 Å². The van der Waals surface area contributed by atoms with Gasteiger partial charge in [-0.2, -0.15) is 0 Å². The van der Waals surface area contributed by atoms with Crippen LogP contribution in [0.2, 0.25) is 0 Å². The van der Waals surface area contributed by atoms with Gasteiger partial charge < -0.3 is 9.84 Å². The molecule has 2 aliphatic rings. The smallest absolute Gasteiger partial charge is 0.311 e. The Kier molecular flexibility index (Phi) is 4.85. The second-order valence-corrected chi connectivity index (χ2v) is 6.01. The molecule has 2 aliphatic heterocycles. The van der Waals surface area contributed by atoms with Crippen LogP contribution in [-0.2, 0) is 9.53 Å². The first-order valence-electron chi connectivity index (χ1n) is 7.67. The number of aliphatic hydroxyl groups is 1. The molecule has 3 unspecified atom stereocenters. The fraction of sp³-hybridized carbons (Fsp3) is 0.933. The summed E-state index contributed by atoms with van der Waals surface area (Å²) in [5.41, 5.74) is -0.872. The van der Waals surface area contributed by atoms with Gasteiger partial charge >= 0.3 is 5.97 Å². The van der Waals surface area contributed by atoms with Crippen LogP contribution in [0.25, 0.3) is 0 Å². The number of rotatable bonds is 5. The summed E-state index contributed by atoms with van der Waals surface area (Å²) in [6, 6.07) is 0.155. The maximum absolute atomic E-state index is 12.1. The van der Waals surface area contributed by atoms with E-state index < -0.39 is 5.60 Å². The molecule has 0 aliphatic carbocycles. The van der Waals surface area contributed by atoms with Gasteiger partial charge in [0.15, 0.2) is 0 Å². The highest BCUT2D eigenvalue weighted by molar-refractivity contribution is 5.74. The Labute approximate surface area is 116 Å². The molecule has 1 N–H and O–H groups in total. The van der Waals surface area contributed by atoms with E-state index >= 15 is 0 Å². The molecule has 0 saturated carbocycles. The Morgan fingerprint density at radius 3 is 2.95 bits per heavy atom. The standard InChI is InChI=1S/C15H27NO3/c1-3-4-7-12(14(17)19-2)15(18)9-11-16-10-6-5-8-13(15)16/h12-13,18H,3-11H2,1-2H3. The van der Waals surface area contributed by atoms with E-state index in [1.54, 1.807) is 0 Å². The van der Waals surface area contributed by atoms with Crippen molar-refractivity contribution >= 4 is 5.97 Å². The number of unbranched alkanes of at least 4 members (excludes halogenated alkanes) is 1. The Hall–Kier alpha value is -0.610. The second-order valence-electron chi connectivity index (χ2n) is 6.01. The van der Waals surface area contributed by atoms with E-state index in [0.29, 0.717) is 6.42 Å². The van der Waals surface area contributed by atoms with Crippen molar-refractivity contribution in [2.24, 2.45) is 5.92 Å². The van der Waals surface area contributed by atoms with Crippen LogP contribution in [0.15, 0.2) is 0 Å². The summed E-state index contributed by atoms with van der Waals surface area (Å²) in [5, 5.41) is 11.1. The molecule has 2 saturated heterocycles. The van der Waals surface area contributed by atoms with Crippen molar-refractivity contribution in [2.75, 3.05) is 20.2 Å². The summed E-state index contributed by atoms with van der Waals surface area (Å²) < 4.78 is 4.95. The fourth-order valence-corrected chi connectivity index (χ4v) is 3.84. The third kappa shape index (κ3) is 2.79. The lowest BCUT2D eigenvalue weighted by Gasteiger charge is -2.40. The molecule has 2 heterocycles. The first-order chi connectivity index (χ1) is 9.13. The normalized spacial score (nSPS) is 32.9. The quantitative estimate of drug-likeness (QED) is 0.775. The zero-order valence-electron chi connectivity index (χ0n) is 12.2. The average molecular weight is 269 g/mol. The molecule has 0 bridgehead atoms. The fourth-order valence-electron chi connectivity index (χ4n) is 3.84. The first kappa shape index (κ1) is 14.8. The van der Waals surface area contributed by atoms with Gasteiger partial charge in [-0.3, -0.25) is 9.69 Å². The number of esters is 1. The number of carbonyl (C=O) groups is 1. The largest absolute Gasteiger partial charge is 0.469 e. The van der Waals surface area contributed by atoms with Gasteiger partial charge in [-0.1, -0.05) is 26.2 Å². The number of fused-ring (bicyclic) bond motifs is 1. The molecule has 0 aromatic carbocycles. The number of hydrogen-bond acceptors (Lipinski definition) is 4. The molecule has 0 aromatic heterocycles. The van der Waals surface area contributed by atoms with Crippen molar-refractivity contribution in [2.45, 2.75) is 63.5 Å². The van der Waals surface area contributed by atoms with Gasteiger partial charge in [-0.05, 0) is 32.2 Å². The van der Waals surface area contributed by atoms with E-state index in [-0.39, 0.29) is 17.9 Å². The molecule has 0 radical (unpaired) electrons. The van der Waals surface area contributed by atoms with Crippen molar-refractivity contribution in [3.05, 3.63) is 0 Å². The summed E-state index contributed by atoms with van der Waals surface area (Å²) in [6.07, 6.45) is 6.84. The molecule has 2 fully saturated rings. The van der Waals surface area contributed by atoms with Crippen LogP contribution in [0.1, 0.15) is 51.9 Å². The van der Waals surface area contributed by atoms with Gasteiger partial charge in [0.1, 0.15) is 0 Å². The predicted molar refractivity (Wildman–Crippen MR) is 73.8 cm³/mol. The van der Waals surface area contributed by atoms with Crippen LogP contribution >= 0.6 is 0 Å². The van der Waals surface area contributed by atoms with Crippen LogP contribution in [0, 0.1) is 5.92 Å². The van der Waals surface area contributed by atoms with E-state index in [0.717, 1.165) is 45.2 Å². The van der Waals surface area contributed by atoms with Crippen molar-refractivity contribution in [3.63, 3.8) is 0 Å². The van der Waals surface area contributed by atoms with E-state index in [2.05, 4.69) is 11.8 Å². The summed E-state index contributed by atoms with van der Waals surface area (Å²) >= 11 is 0. The SMILES string of the molecule is CCCCC(C(=O)OC)C1(O)CCN2CCCCC21. The lowest BCUT2D eigenvalue weighted by atomic mass is 9.76. The zero-order chi connectivity index (χ0) is 13.9. The van der Waals surface area contributed by atoms with Crippen LogP contribution in [-0.4, -0.2) is 47.8 Å². The third-order valence-electron chi connectivity index (χ3n) is 4.93. The highest BCUT2D eigenvalue weighted by Gasteiger charge is 2.53.